The number of benzene rings is 1. The molecule has 1 aliphatic rings. The quantitative estimate of drug-likeness (QED) is 0.564. The number of hydrogen-bond acceptors (Lipinski definition) is 0. The van der Waals surface area contributed by atoms with E-state index in [-0.39, 0.29) is 10.8 Å². The lowest BCUT2D eigenvalue weighted by molar-refractivity contribution is 0.558. The molecule has 1 aliphatic carbocycles. The Balaban J connectivity index is 2.75. The largest absolute Gasteiger partial charge is 0.0648 e. The molecule has 0 spiro atoms. The Labute approximate surface area is 126 Å². The van der Waals surface area contributed by atoms with Gasteiger partial charge in [-0.05, 0) is 57.8 Å². The molecule has 0 saturated carbocycles. The molecule has 1 aromatic rings. The van der Waals surface area contributed by atoms with E-state index in [0.29, 0.717) is 5.92 Å². The van der Waals surface area contributed by atoms with Crippen LogP contribution in [0.5, 0.6) is 0 Å². The fraction of sp³-hybridized carbons (Fsp3) is 0.700. The molecule has 2 rings (SSSR count). The van der Waals surface area contributed by atoms with Gasteiger partial charge in [-0.25, -0.2) is 0 Å². The van der Waals surface area contributed by atoms with E-state index in [9.17, 15) is 0 Å². The minimum atomic E-state index is 0.247. The summed E-state index contributed by atoms with van der Waals surface area (Å²) in [4.78, 5) is 0. The van der Waals surface area contributed by atoms with Crippen LogP contribution in [0.1, 0.15) is 102 Å². The van der Waals surface area contributed by atoms with Gasteiger partial charge in [-0.3, -0.25) is 0 Å². The van der Waals surface area contributed by atoms with Crippen molar-refractivity contribution in [2.24, 2.45) is 0 Å². The molecule has 20 heavy (non-hydrogen) atoms. The lowest BCUT2D eigenvalue weighted by Gasteiger charge is -2.30. The number of hydrogen-bond donors (Lipinski definition) is 0. The van der Waals surface area contributed by atoms with Crippen molar-refractivity contribution >= 4 is 0 Å². The molecule has 0 heteroatoms. The zero-order valence-corrected chi connectivity index (χ0v) is 14.7. The molecule has 0 radical (unpaired) electrons. The topological polar surface area (TPSA) is 0 Å². The Morgan fingerprint density at radius 1 is 0.900 bits per heavy atom. The highest BCUT2D eigenvalue weighted by molar-refractivity contribution is 5.53. The summed E-state index contributed by atoms with van der Waals surface area (Å²) < 4.78 is 0. The summed E-state index contributed by atoms with van der Waals surface area (Å²) >= 11 is 0. The second-order valence-electron chi connectivity index (χ2n) is 8.73. The van der Waals surface area contributed by atoms with Gasteiger partial charge >= 0.3 is 0 Å². The highest BCUT2D eigenvalue weighted by Gasteiger charge is 2.36. The maximum Gasteiger partial charge on any atom is -0.0129 e. The van der Waals surface area contributed by atoms with Gasteiger partial charge < -0.3 is 0 Å². The molecule has 0 nitrogen and oxygen atoms in total. The predicted octanol–water partition coefficient (Wildman–Crippen LogP) is 6.28. The summed E-state index contributed by atoms with van der Waals surface area (Å²) in [7, 11) is 0. The van der Waals surface area contributed by atoms with Crippen molar-refractivity contribution in [1.29, 1.82) is 0 Å². The van der Waals surface area contributed by atoms with E-state index in [1.54, 1.807) is 22.3 Å². The SMILES string of the molecule is CCC1CC(C)c2c(C(C)(C)C)ccc(C(C)(C)C)c21. The Morgan fingerprint density at radius 2 is 1.35 bits per heavy atom. The summed E-state index contributed by atoms with van der Waals surface area (Å²) in [5.41, 5.74) is 7.02. The van der Waals surface area contributed by atoms with E-state index in [1.807, 2.05) is 0 Å². The second kappa shape index (κ2) is 4.90. The summed E-state index contributed by atoms with van der Waals surface area (Å²) in [6, 6.07) is 4.83. The van der Waals surface area contributed by atoms with Gasteiger partial charge in [0.1, 0.15) is 0 Å². The Morgan fingerprint density at radius 3 is 1.75 bits per heavy atom. The molecule has 0 aliphatic heterocycles. The Hall–Kier alpha value is -0.780. The van der Waals surface area contributed by atoms with Crippen LogP contribution in [0.2, 0.25) is 0 Å². The van der Waals surface area contributed by atoms with Crippen LogP contribution < -0.4 is 0 Å². The molecule has 1 aromatic carbocycles. The van der Waals surface area contributed by atoms with Gasteiger partial charge in [-0.15, -0.1) is 0 Å². The van der Waals surface area contributed by atoms with E-state index in [2.05, 4.69) is 67.5 Å². The molecular weight excluding hydrogens is 240 g/mol. The molecule has 0 fully saturated rings. The lowest BCUT2D eigenvalue weighted by atomic mass is 9.74. The normalized spacial score (nSPS) is 23.0. The summed E-state index contributed by atoms with van der Waals surface area (Å²) in [5.74, 6) is 1.47. The smallest absolute Gasteiger partial charge is 0.0129 e. The highest BCUT2D eigenvalue weighted by atomic mass is 14.4. The monoisotopic (exact) mass is 272 g/mol. The van der Waals surface area contributed by atoms with Gasteiger partial charge in [0.2, 0.25) is 0 Å². The molecule has 0 aromatic heterocycles. The number of rotatable bonds is 1. The first-order chi connectivity index (χ1) is 9.07. The molecule has 0 saturated heterocycles. The molecule has 2 atom stereocenters. The first-order valence-electron chi connectivity index (χ1n) is 8.25. The molecule has 0 heterocycles. The van der Waals surface area contributed by atoms with Gasteiger partial charge in [0.05, 0.1) is 0 Å². The first-order valence-corrected chi connectivity index (χ1v) is 8.25. The van der Waals surface area contributed by atoms with Gasteiger partial charge in [0, 0.05) is 0 Å². The van der Waals surface area contributed by atoms with Crippen molar-refractivity contribution in [2.75, 3.05) is 0 Å². The van der Waals surface area contributed by atoms with E-state index < -0.39 is 0 Å². The van der Waals surface area contributed by atoms with Crippen LogP contribution in [0, 0.1) is 0 Å². The fourth-order valence-electron chi connectivity index (χ4n) is 3.95. The minimum absolute atomic E-state index is 0.247. The first kappa shape index (κ1) is 15.6. The third kappa shape index (κ3) is 2.54. The van der Waals surface area contributed by atoms with Crippen molar-refractivity contribution in [3.8, 4) is 0 Å². The average molecular weight is 272 g/mol. The second-order valence-corrected chi connectivity index (χ2v) is 8.73. The predicted molar refractivity (Wildman–Crippen MR) is 89.9 cm³/mol. The van der Waals surface area contributed by atoms with Crippen molar-refractivity contribution in [1.82, 2.24) is 0 Å². The molecule has 2 unspecified atom stereocenters. The van der Waals surface area contributed by atoms with E-state index >= 15 is 0 Å². The van der Waals surface area contributed by atoms with Crippen molar-refractivity contribution in [3.05, 3.63) is 34.4 Å². The van der Waals surface area contributed by atoms with Crippen LogP contribution in [0.3, 0.4) is 0 Å². The van der Waals surface area contributed by atoms with Gasteiger partial charge in [-0.2, -0.15) is 0 Å². The standard InChI is InChI=1S/C20H32/c1-9-14-12-13(2)17-15(19(3,4)5)10-11-16(18(14)17)20(6,7)8/h10-11,13-14H,9,12H2,1-8H3. The van der Waals surface area contributed by atoms with Crippen LogP contribution in [0.4, 0.5) is 0 Å². The Kier molecular flexibility index (Phi) is 3.82. The molecule has 0 bridgehead atoms. The fourth-order valence-corrected chi connectivity index (χ4v) is 3.95. The molecule has 112 valence electrons. The van der Waals surface area contributed by atoms with Gasteiger partial charge in [0.15, 0.2) is 0 Å². The third-order valence-electron chi connectivity index (χ3n) is 4.94. The number of fused-ring (bicyclic) bond motifs is 1. The van der Waals surface area contributed by atoms with Crippen LogP contribution in [-0.2, 0) is 10.8 Å². The van der Waals surface area contributed by atoms with E-state index in [1.165, 1.54) is 12.8 Å². The van der Waals surface area contributed by atoms with E-state index in [4.69, 9.17) is 0 Å². The maximum absolute atomic E-state index is 2.43. The van der Waals surface area contributed by atoms with Crippen LogP contribution in [0.25, 0.3) is 0 Å². The van der Waals surface area contributed by atoms with Gasteiger partial charge in [-0.1, -0.05) is 67.5 Å². The van der Waals surface area contributed by atoms with Gasteiger partial charge in [0.25, 0.3) is 0 Å². The maximum atomic E-state index is 2.43. The summed E-state index contributed by atoms with van der Waals surface area (Å²) in [6.07, 6.45) is 2.61. The molecule has 0 N–H and O–H groups in total. The van der Waals surface area contributed by atoms with Crippen molar-refractivity contribution in [2.45, 2.75) is 90.9 Å². The summed E-state index contributed by atoms with van der Waals surface area (Å²) in [5, 5.41) is 0. The van der Waals surface area contributed by atoms with Crippen LogP contribution >= 0.6 is 0 Å². The van der Waals surface area contributed by atoms with E-state index in [0.717, 1.165) is 5.92 Å². The molecule has 0 amide bonds. The minimum Gasteiger partial charge on any atom is -0.0648 e. The third-order valence-corrected chi connectivity index (χ3v) is 4.94. The zero-order valence-electron chi connectivity index (χ0n) is 14.7. The van der Waals surface area contributed by atoms with Crippen molar-refractivity contribution in [3.63, 3.8) is 0 Å². The summed E-state index contributed by atoms with van der Waals surface area (Å²) in [6.45, 7) is 18.9. The van der Waals surface area contributed by atoms with Crippen LogP contribution in [0.15, 0.2) is 12.1 Å². The molecular formula is C20H32. The highest BCUT2D eigenvalue weighted by Crippen LogP contribution is 2.50. The van der Waals surface area contributed by atoms with Crippen LogP contribution in [-0.4, -0.2) is 0 Å². The average Bonchev–Trinajstić information content (AvgIpc) is 2.63. The zero-order chi connectivity index (χ0) is 15.3. The van der Waals surface area contributed by atoms with Crippen molar-refractivity contribution < 1.29 is 0 Å². The Bertz CT molecular complexity index is 494. The lowest BCUT2D eigenvalue weighted by Crippen LogP contribution is -2.20.